The van der Waals surface area contributed by atoms with E-state index in [1.54, 1.807) is 16.9 Å². The zero-order valence-corrected chi connectivity index (χ0v) is 82.2. The Hall–Kier alpha value is -12.4. The quantitative estimate of drug-likeness (QED) is 0.119. The van der Waals surface area contributed by atoms with E-state index < -0.39 is 0 Å². The molecule has 129 heavy (non-hydrogen) atoms. The fourth-order valence-corrected chi connectivity index (χ4v) is 19.0. The first-order valence-electron chi connectivity index (χ1n) is 41.4. The number of aryl methyl sites for hydroxylation is 9. The summed E-state index contributed by atoms with van der Waals surface area (Å²) < 4.78 is 10.2. The van der Waals surface area contributed by atoms with Crippen molar-refractivity contribution >= 4 is 142 Å². The minimum atomic E-state index is 0. The van der Waals surface area contributed by atoms with E-state index in [2.05, 4.69) is 267 Å². The molecule has 0 saturated heterocycles. The molecule has 24 aromatic rings. The third kappa shape index (κ3) is 15.6. The summed E-state index contributed by atoms with van der Waals surface area (Å²) >= 11 is 0. The summed E-state index contributed by atoms with van der Waals surface area (Å²) in [5, 5.41) is 30.3. The summed E-state index contributed by atoms with van der Waals surface area (Å²) in [5.41, 5.74) is 28.4. The number of nitrogens with zero attached hydrogens (tertiary/aromatic N) is 19. The number of benzene rings is 10. The number of pyridine rings is 8. The first kappa shape index (κ1) is 90.0. The van der Waals surface area contributed by atoms with E-state index in [4.69, 9.17) is 9.97 Å². The topological polar surface area (TPSA) is 193 Å². The Bertz CT molecular complexity index is 8040. The molecule has 24 heteroatoms. The van der Waals surface area contributed by atoms with Crippen molar-refractivity contribution in [1.29, 1.82) is 0 Å². The largest absolute Gasteiger partial charge is 0.371 e. The van der Waals surface area contributed by atoms with E-state index in [-0.39, 0.29) is 108 Å². The Kier molecular flexibility index (Phi) is 26.1. The molecule has 2 aliphatic heterocycles. The van der Waals surface area contributed by atoms with Crippen LogP contribution in [0.2, 0.25) is 0 Å². The van der Waals surface area contributed by atoms with Crippen LogP contribution in [0.25, 0.3) is 182 Å². The van der Waals surface area contributed by atoms with Crippen molar-refractivity contribution in [3.8, 4) is 44.8 Å². The molecule has 0 saturated carbocycles. The minimum absolute atomic E-state index is 0. The molecule has 0 fully saturated rings. The van der Waals surface area contributed by atoms with Gasteiger partial charge in [0.15, 0.2) is 5.65 Å². The van der Waals surface area contributed by atoms with Crippen LogP contribution in [-0.4, -0.2) is 101 Å². The van der Waals surface area contributed by atoms with Gasteiger partial charge in [0.1, 0.15) is 29.4 Å². The van der Waals surface area contributed by atoms with Gasteiger partial charge in [0.25, 0.3) is 0 Å². The van der Waals surface area contributed by atoms with Gasteiger partial charge in [0.05, 0.1) is 45.7 Å². The molecule has 26 rings (SSSR count). The van der Waals surface area contributed by atoms with Gasteiger partial charge in [-0.05, 0) is 188 Å². The van der Waals surface area contributed by atoms with E-state index in [9.17, 15) is 0 Å². The van der Waals surface area contributed by atoms with Gasteiger partial charge in [0.2, 0.25) is 0 Å². The van der Waals surface area contributed by atoms with Crippen molar-refractivity contribution < 1.29 is 101 Å². The van der Waals surface area contributed by atoms with E-state index in [0.717, 1.165) is 156 Å². The van der Waals surface area contributed by atoms with Crippen LogP contribution in [0.4, 0.5) is 5.69 Å². The maximum Gasteiger partial charge on any atom is 0.160 e. The number of anilines is 1. The molecular formula is C105H80Ir5N19-5. The number of hydrogen-bond donors (Lipinski definition) is 0. The first-order chi connectivity index (χ1) is 60.5. The van der Waals surface area contributed by atoms with Crippen molar-refractivity contribution in [3.63, 3.8) is 0 Å². The summed E-state index contributed by atoms with van der Waals surface area (Å²) in [6.45, 7) is 16.8. The van der Waals surface area contributed by atoms with Crippen LogP contribution in [0.15, 0.2) is 262 Å². The van der Waals surface area contributed by atoms with Gasteiger partial charge in [-0.1, -0.05) is 117 Å². The van der Waals surface area contributed by atoms with Gasteiger partial charge in [-0.25, -0.2) is 24.0 Å². The van der Waals surface area contributed by atoms with Gasteiger partial charge in [-0.3, -0.25) is 39.4 Å². The van der Waals surface area contributed by atoms with E-state index >= 15 is 0 Å². The molecule has 0 N–H and O–H groups in total. The number of fused-ring (bicyclic) bond motifs is 31. The number of rotatable bonds is 4. The van der Waals surface area contributed by atoms with Crippen LogP contribution in [0.5, 0.6) is 0 Å². The SMILES string of the molecule is C.Cc1cc(C)c2c(c1)c1ccc[c-]c1n1nc(C)nc21.Cc1cccc(C)c1-c1cnc2c3[c-]cccc3c3c4c5c(cc3n12)CCCN5CCC4.Cc1nc2c3[c-]cccc3c3ccncc3n2n1.Cc1nc2c3[c-]cccc3c3cncnc3n2n1.[Ir].[Ir].[Ir].[Ir].[Ir].[c-]1cccc2c1c1ncc(-c3c(-c4ccncc4)cccc3-c3ccncc3)n1c1ccccc21. The molecule has 10 aromatic carbocycles. The second-order valence-corrected chi connectivity index (χ2v) is 31.6. The molecule has 0 spiro atoms. The Morgan fingerprint density at radius 2 is 0.845 bits per heavy atom. The third-order valence-corrected chi connectivity index (χ3v) is 24.0. The van der Waals surface area contributed by atoms with Crippen molar-refractivity contribution in [1.82, 2.24) is 87.5 Å². The zero-order chi connectivity index (χ0) is 82.7. The third-order valence-electron chi connectivity index (χ3n) is 24.0. The average Bonchev–Trinajstić information content (AvgIpc) is 1.70. The molecule has 0 aliphatic carbocycles. The van der Waals surface area contributed by atoms with E-state index in [1.807, 2.05) is 134 Å². The summed E-state index contributed by atoms with van der Waals surface area (Å²) in [7, 11) is 0. The molecule has 5 radical (unpaired) electrons. The molecule has 19 nitrogen and oxygen atoms in total. The molecule has 0 unspecified atom stereocenters. The molecule has 2 aliphatic rings. The van der Waals surface area contributed by atoms with E-state index in [1.165, 1.54) is 127 Å². The van der Waals surface area contributed by atoms with Crippen LogP contribution in [0, 0.1) is 78.8 Å². The van der Waals surface area contributed by atoms with Crippen LogP contribution in [-0.2, 0) is 113 Å². The fraction of sp³-hybridized carbons (Fsp3) is 0.133. The smallest absolute Gasteiger partial charge is 0.160 e. The summed E-state index contributed by atoms with van der Waals surface area (Å²) in [4.78, 5) is 47.2. The molecule has 0 atom stereocenters. The number of para-hydroxylation sites is 2. The predicted octanol–water partition coefficient (Wildman–Crippen LogP) is 22.5. The van der Waals surface area contributed by atoms with Crippen molar-refractivity contribution in [2.45, 2.75) is 81.6 Å². The van der Waals surface area contributed by atoms with Crippen molar-refractivity contribution in [2.75, 3.05) is 18.0 Å². The van der Waals surface area contributed by atoms with Crippen molar-refractivity contribution in [2.24, 2.45) is 0 Å². The maximum absolute atomic E-state index is 4.97. The summed E-state index contributed by atoms with van der Waals surface area (Å²) in [6.07, 6.45) is 23.2. The maximum atomic E-state index is 4.97. The Morgan fingerprint density at radius 3 is 1.49 bits per heavy atom. The van der Waals surface area contributed by atoms with Crippen LogP contribution in [0.3, 0.4) is 0 Å². The predicted molar refractivity (Wildman–Crippen MR) is 498 cm³/mol. The van der Waals surface area contributed by atoms with Gasteiger partial charge >= 0.3 is 0 Å². The standard InChI is InChI=1S/C31H19N4.C29H26N3.C17H14N3.C14H9N4.C13H8N5.CH4.5Ir/c1-2-8-27-25(6-1)26-7-3-4-11-28(26)35-29(20-34-31(27)35)30-23(21-12-16-32-17-13-21)9-5-10-24(30)22-14-18-33-19-15-22;1-18-8-5-9-19(2)26(18)25-17-30-29-22-12-4-3-11-21(22)27-23-13-7-15-31-14-6-10-20(28(23)31)16-24(27)32(25)29;1-10-8-11(2)16-14(9-10)13-6-4-5-7-15(13)20-17(16)18-12(3)19-20;1-9-16-14-12-5-3-2-4-10(12)11-6-7-15-8-13(11)18(14)17-9;1-8-16-13-10-5-3-2-4-9(10)11-6-14-7-15-12(11)18(13)17-8;;;;;;/h1-7,9-20H;3-5,8-9,11,16-17H,6-7,10,13-15H2,1-2H3;4-6,8-9H,1-3H3;2-4,6-8H,1H3;2-4,6-7H,1H3;1H4;;;;;/q5*-1;;;;;;. The number of imidazole rings is 2. The van der Waals surface area contributed by atoms with Gasteiger partial charge in [0, 0.05) is 202 Å². The number of hydrogen-bond acceptors (Lipinski definition) is 14. The number of aromatic nitrogens is 18. The van der Waals surface area contributed by atoms with E-state index in [0.29, 0.717) is 0 Å². The molecule has 0 amide bonds. The molecular weight excluding hydrogens is 2490 g/mol. The first-order valence-corrected chi connectivity index (χ1v) is 41.4. The zero-order valence-electron chi connectivity index (χ0n) is 70.2. The molecule has 16 heterocycles. The second-order valence-electron chi connectivity index (χ2n) is 31.6. The Morgan fingerprint density at radius 1 is 0.341 bits per heavy atom. The van der Waals surface area contributed by atoms with Crippen LogP contribution in [0.1, 0.15) is 71.1 Å². The Balaban J connectivity index is 0.000000120. The van der Waals surface area contributed by atoms with Gasteiger partial charge in [-0.2, -0.15) is 39.6 Å². The fourth-order valence-electron chi connectivity index (χ4n) is 19.0. The molecule has 0 bridgehead atoms. The average molecular weight is 2570 g/mol. The minimum Gasteiger partial charge on any atom is -0.371 e. The normalized spacial score (nSPS) is 12.0. The van der Waals surface area contributed by atoms with Crippen LogP contribution >= 0.6 is 0 Å². The summed E-state index contributed by atoms with van der Waals surface area (Å²) in [5.74, 6) is 2.26. The molecule has 645 valence electrons. The van der Waals surface area contributed by atoms with Gasteiger partial charge in [-0.15, -0.1) is 113 Å². The molecule has 14 aromatic heterocycles. The van der Waals surface area contributed by atoms with Crippen LogP contribution < -0.4 is 4.90 Å². The van der Waals surface area contributed by atoms with Gasteiger partial charge < -0.3 is 13.7 Å². The Labute approximate surface area is 810 Å². The second kappa shape index (κ2) is 37.4. The summed E-state index contributed by atoms with van der Waals surface area (Å²) in [6, 6.07) is 85.9. The van der Waals surface area contributed by atoms with Crippen molar-refractivity contribution in [3.05, 3.63) is 343 Å². The monoisotopic (exact) mass is 2570 g/mol.